The van der Waals surface area contributed by atoms with Gasteiger partial charge >= 0.3 is 0 Å². The molecular weight excluding hydrogens is 684 g/mol. The third-order valence-electron chi connectivity index (χ3n) is 8.60. The standard InChI is InChI=1S/C30H45F2NO17/c1-2-3-4-17(37)33-11-5-6-13(12(7-11)27(31)32)45-28-23(43)20(40)25(15(9-35)47-28)50-30-24(44)21(41)26(16(10-36)48-30)49-29-22(42)19(39)18(38)14(8-34)46-29/h5-7,14-16,18-30,34-36,38-44H,2-4,8-10H2,1H3,(H,33,37)/t14?,15?,16?,18-,19+,20-,21-,22?,23?,24?,25-,26-,28-,29-,30-/m1/s1. The van der Waals surface area contributed by atoms with Crippen molar-refractivity contribution in [2.45, 2.75) is 125 Å². The lowest BCUT2D eigenvalue weighted by Crippen LogP contribution is -2.66. The number of anilines is 1. The molecule has 0 bridgehead atoms. The van der Waals surface area contributed by atoms with Crippen molar-refractivity contribution in [1.29, 1.82) is 0 Å². The second kappa shape index (κ2) is 18.0. The summed E-state index contributed by atoms with van der Waals surface area (Å²) in [6.45, 7) is -0.706. The van der Waals surface area contributed by atoms with Crippen molar-refractivity contribution >= 4 is 11.6 Å². The first kappa shape index (κ1) is 40.5. The first-order valence-electron chi connectivity index (χ1n) is 16.0. The fourth-order valence-electron chi connectivity index (χ4n) is 5.73. The molecule has 1 aromatic rings. The van der Waals surface area contributed by atoms with Crippen LogP contribution in [0.3, 0.4) is 0 Å². The Labute approximate surface area is 284 Å². The van der Waals surface area contributed by atoms with E-state index in [0.29, 0.717) is 6.42 Å². The summed E-state index contributed by atoms with van der Waals surface area (Å²) in [4.78, 5) is 12.1. The minimum absolute atomic E-state index is 0.0656. The molecule has 286 valence electrons. The maximum Gasteiger partial charge on any atom is 0.267 e. The van der Waals surface area contributed by atoms with Crippen molar-refractivity contribution in [1.82, 2.24) is 0 Å². The zero-order valence-electron chi connectivity index (χ0n) is 26.8. The van der Waals surface area contributed by atoms with Crippen LogP contribution in [0, 0.1) is 0 Å². The molecule has 3 saturated heterocycles. The van der Waals surface area contributed by atoms with Crippen LogP contribution in [0.25, 0.3) is 0 Å². The Bertz CT molecular complexity index is 1230. The number of aliphatic hydroxyl groups excluding tert-OH is 10. The number of amides is 1. The Hall–Kier alpha value is -2.25. The predicted octanol–water partition coefficient (Wildman–Crippen LogP) is -3.42. The van der Waals surface area contributed by atoms with Gasteiger partial charge in [-0.2, -0.15) is 0 Å². The van der Waals surface area contributed by atoms with Gasteiger partial charge in [-0.15, -0.1) is 0 Å². The molecule has 1 aromatic carbocycles. The topological polar surface area (TPSA) is 287 Å². The average Bonchev–Trinajstić information content (AvgIpc) is 3.10. The lowest BCUT2D eigenvalue weighted by Gasteiger charge is -2.48. The first-order chi connectivity index (χ1) is 23.8. The highest BCUT2D eigenvalue weighted by atomic mass is 19.3. The Balaban J connectivity index is 1.44. The molecule has 50 heavy (non-hydrogen) atoms. The van der Waals surface area contributed by atoms with Gasteiger partial charge in [-0.3, -0.25) is 4.79 Å². The third kappa shape index (κ3) is 9.03. The molecule has 4 rings (SSSR count). The largest absolute Gasteiger partial charge is 0.461 e. The lowest BCUT2D eigenvalue weighted by atomic mass is 9.96. The van der Waals surface area contributed by atoms with Gasteiger partial charge in [0.05, 0.1) is 25.4 Å². The van der Waals surface area contributed by atoms with Gasteiger partial charge in [0.25, 0.3) is 6.43 Å². The zero-order valence-corrected chi connectivity index (χ0v) is 26.8. The second-order valence-electron chi connectivity index (χ2n) is 12.1. The number of benzene rings is 1. The molecule has 0 aliphatic carbocycles. The van der Waals surface area contributed by atoms with Crippen LogP contribution < -0.4 is 10.1 Å². The highest BCUT2D eigenvalue weighted by Crippen LogP contribution is 2.36. The Morgan fingerprint density at radius 1 is 0.740 bits per heavy atom. The van der Waals surface area contributed by atoms with E-state index in [4.69, 9.17) is 28.4 Å². The summed E-state index contributed by atoms with van der Waals surface area (Å²) < 4.78 is 60.8. The van der Waals surface area contributed by atoms with Gasteiger partial charge in [0, 0.05) is 12.1 Å². The molecule has 11 N–H and O–H groups in total. The number of nitrogens with one attached hydrogen (secondary N) is 1. The molecular formula is C30H45F2NO17. The van der Waals surface area contributed by atoms with E-state index in [9.17, 15) is 64.6 Å². The van der Waals surface area contributed by atoms with Crippen LogP contribution in [-0.2, 0) is 28.5 Å². The average molecular weight is 730 g/mol. The van der Waals surface area contributed by atoms with Crippen LogP contribution in [0.2, 0.25) is 0 Å². The minimum Gasteiger partial charge on any atom is -0.461 e. The van der Waals surface area contributed by atoms with Crippen molar-refractivity contribution in [3.8, 4) is 5.75 Å². The van der Waals surface area contributed by atoms with E-state index in [1.807, 2.05) is 6.92 Å². The lowest BCUT2D eigenvalue weighted by molar-refractivity contribution is -0.376. The summed E-state index contributed by atoms with van der Waals surface area (Å²) in [5, 5.41) is 106. The van der Waals surface area contributed by atoms with Crippen LogP contribution >= 0.6 is 0 Å². The first-order valence-corrected chi connectivity index (χ1v) is 16.0. The normalized spacial score (nSPS) is 39.4. The van der Waals surface area contributed by atoms with Gasteiger partial charge in [0.1, 0.15) is 79.0 Å². The number of halogens is 2. The van der Waals surface area contributed by atoms with Gasteiger partial charge in [-0.25, -0.2) is 8.78 Å². The molecule has 20 heteroatoms. The molecule has 15 atom stereocenters. The molecule has 1 amide bonds. The molecule has 3 aliphatic heterocycles. The zero-order chi connectivity index (χ0) is 36.9. The van der Waals surface area contributed by atoms with Crippen molar-refractivity contribution in [2.24, 2.45) is 0 Å². The minimum atomic E-state index is -3.10. The molecule has 0 aromatic heterocycles. The number of unbranched alkanes of at least 4 members (excludes halogenated alkanes) is 1. The Morgan fingerprint density at radius 3 is 1.76 bits per heavy atom. The van der Waals surface area contributed by atoms with Crippen LogP contribution in [0.4, 0.5) is 14.5 Å². The molecule has 0 saturated carbocycles. The van der Waals surface area contributed by atoms with Gasteiger partial charge in [0.15, 0.2) is 12.6 Å². The summed E-state index contributed by atoms with van der Waals surface area (Å²) >= 11 is 0. The highest BCUT2D eigenvalue weighted by Gasteiger charge is 2.53. The molecule has 0 radical (unpaired) electrons. The fourth-order valence-corrected chi connectivity index (χ4v) is 5.73. The van der Waals surface area contributed by atoms with Crippen molar-refractivity contribution in [2.75, 3.05) is 25.1 Å². The summed E-state index contributed by atoms with van der Waals surface area (Å²) in [7, 11) is 0. The number of hydrogen-bond donors (Lipinski definition) is 11. The number of ether oxygens (including phenoxy) is 6. The second-order valence-corrected chi connectivity index (χ2v) is 12.1. The molecule has 3 aliphatic rings. The molecule has 3 fully saturated rings. The van der Waals surface area contributed by atoms with E-state index in [2.05, 4.69) is 5.32 Å². The Kier molecular flexibility index (Phi) is 14.6. The van der Waals surface area contributed by atoms with E-state index in [1.165, 1.54) is 6.07 Å². The Morgan fingerprint density at radius 2 is 1.24 bits per heavy atom. The van der Waals surface area contributed by atoms with Gasteiger partial charge in [0.2, 0.25) is 12.2 Å². The smallest absolute Gasteiger partial charge is 0.267 e. The number of rotatable bonds is 14. The number of hydrogen-bond acceptors (Lipinski definition) is 17. The van der Waals surface area contributed by atoms with E-state index in [0.717, 1.165) is 18.6 Å². The van der Waals surface area contributed by atoms with E-state index in [1.54, 1.807) is 0 Å². The van der Waals surface area contributed by atoms with Crippen LogP contribution in [-0.4, -0.2) is 169 Å². The van der Waals surface area contributed by atoms with Crippen LogP contribution in [0.1, 0.15) is 38.2 Å². The number of aliphatic hydroxyl groups is 10. The van der Waals surface area contributed by atoms with Crippen molar-refractivity contribution in [3.63, 3.8) is 0 Å². The summed E-state index contributed by atoms with van der Waals surface area (Å²) in [5.41, 5.74) is -0.610. The van der Waals surface area contributed by atoms with E-state index < -0.39 is 130 Å². The molecule has 3 heterocycles. The van der Waals surface area contributed by atoms with Crippen molar-refractivity contribution in [3.05, 3.63) is 23.8 Å². The summed E-state index contributed by atoms with van der Waals surface area (Å²) in [5.74, 6) is -0.849. The molecule has 18 nitrogen and oxygen atoms in total. The van der Waals surface area contributed by atoms with Crippen LogP contribution in [0.5, 0.6) is 5.75 Å². The summed E-state index contributed by atoms with van der Waals surface area (Å²) in [6.07, 6.45) is -28.3. The molecule has 0 spiro atoms. The fraction of sp³-hybridized carbons (Fsp3) is 0.767. The predicted molar refractivity (Wildman–Crippen MR) is 159 cm³/mol. The monoisotopic (exact) mass is 729 g/mol. The summed E-state index contributed by atoms with van der Waals surface area (Å²) in [6, 6.07) is 3.36. The maximum atomic E-state index is 14.0. The maximum absolute atomic E-state index is 14.0. The SMILES string of the molecule is CCCCC(=O)Nc1ccc(O[C@@H]2OC(CO)[C@@H](O[C@H]3OC(CO)[C@@H](O[C@H]4OC(CO)[C@@H](O)[C@H](O)C4O)[C@H](O)C3O)[C@H](O)C2O)c(C(F)F)c1. The number of carbonyl (C=O) groups is 1. The third-order valence-corrected chi connectivity index (χ3v) is 8.60. The van der Waals surface area contributed by atoms with E-state index in [-0.39, 0.29) is 18.0 Å². The van der Waals surface area contributed by atoms with Crippen LogP contribution in [0.15, 0.2) is 18.2 Å². The molecule has 6 unspecified atom stereocenters. The quantitative estimate of drug-likeness (QED) is 0.0889. The van der Waals surface area contributed by atoms with Gasteiger partial charge < -0.3 is 84.8 Å². The van der Waals surface area contributed by atoms with Gasteiger partial charge in [-0.05, 0) is 24.6 Å². The highest BCUT2D eigenvalue weighted by molar-refractivity contribution is 5.90. The van der Waals surface area contributed by atoms with Gasteiger partial charge in [-0.1, -0.05) is 13.3 Å². The number of carbonyl (C=O) groups excluding carboxylic acids is 1. The number of alkyl halides is 2. The van der Waals surface area contributed by atoms with E-state index >= 15 is 0 Å². The van der Waals surface area contributed by atoms with Crippen molar-refractivity contribution < 1.29 is 93.1 Å².